The molecule has 1 aliphatic carbocycles. The molecule has 0 unspecified atom stereocenters. The normalized spacial score (nSPS) is 15.5. The molecule has 1 aromatic carbocycles. The van der Waals surface area contributed by atoms with Crippen LogP contribution in [0.2, 0.25) is 0 Å². The maximum Gasteiger partial charge on any atom is 0.0824 e. The van der Waals surface area contributed by atoms with E-state index in [2.05, 4.69) is 50.3 Å². The van der Waals surface area contributed by atoms with E-state index in [1.807, 2.05) is 0 Å². The highest BCUT2D eigenvalue weighted by atomic mass is 28.2. The van der Waals surface area contributed by atoms with Crippen molar-refractivity contribution in [3.05, 3.63) is 46.7 Å². The summed E-state index contributed by atoms with van der Waals surface area (Å²) < 4.78 is 0. The Morgan fingerprint density at radius 1 is 1.31 bits per heavy atom. The molecule has 13 heavy (non-hydrogen) atoms. The first-order valence-corrected chi connectivity index (χ1v) is 6.14. The SMILES string of the molecule is CC=C(C)[SiH2]C1=Cc2ccccc21. The van der Waals surface area contributed by atoms with E-state index in [9.17, 15) is 0 Å². The third kappa shape index (κ3) is 1.52. The van der Waals surface area contributed by atoms with Crippen LogP contribution in [0.4, 0.5) is 0 Å². The minimum absolute atomic E-state index is 0.140. The van der Waals surface area contributed by atoms with Crippen LogP contribution in [0, 0.1) is 0 Å². The van der Waals surface area contributed by atoms with Crippen molar-refractivity contribution in [3.63, 3.8) is 0 Å². The molecule has 0 spiro atoms. The van der Waals surface area contributed by atoms with E-state index >= 15 is 0 Å². The zero-order valence-electron chi connectivity index (χ0n) is 8.17. The van der Waals surface area contributed by atoms with Gasteiger partial charge in [0.1, 0.15) is 0 Å². The van der Waals surface area contributed by atoms with E-state index in [1.54, 1.807) is 10.4 Å². The van der Waals surface area contributed by atoms with Gasteiger partial charge in [0.2, 0.25) is 0 Å². The lowest BCUT2D eigenvalue weighted by Crippen LogP contribution is -2.06. The average molecular weight is 186 g/mol. The number of rotatable bonds is 2. The fourth-order valence-corrected chi connectivity index (χ4v) is 3.29. The minimum atomic E-state index is -0.140. The summed E-state index contributed by atoms with van der Waals surface area (Å²) in [4.78, 5) is 0. The van der Waals surface area contributed by atoms with Crippen LogP contribution in [0.1, 0.15) is 25.0 Å². The van der Waals surface area contributed by atoms with Crippen molar-refractivity contribution >= 4 is 20.8 Å². The molecular formula is C12H14Si. The largest absolute Gasteiger partial charge is 0.0928 e. The number of fused-ring (bicyclic) bond motifs is 1. The van der Waals surface area contributed by atoms with E-state index in [0.29, 0.717) is 0 Å². The van der Waals surface area contributed by atoms with Gasteiger partial charge in [0.05, 0.1) is 9.52 Å². The van der Waals surface area contributed by atoms with Gasteiger partial charge in [-0.2, -0.15) is 0 Å². The van der Waals surface area contributed by atoms with Gasteiger partial charge >= 0.3 is 0 Å². The van der Waals surface area contributed by atoms with Crippen LogP contribution in [0.5, 0.6) is 0 Å². The fourth-order valence-electron chi connectivity index (χ4n) is 1.65. The molecule has 0 aliphatic heterocycles. The van der Waals surface area contributed by atoms with Crippen molar-refractivity contribution in [2.24, 2.45) is 0 Å². The van der Waals surface area contributed by atoms with Gasteiger partial charge in [-0.1, -0.05) is 46.8 Å². The van der Waals surface area contributed by atoms with Gasteiger partial charge in [0, 0.05) is 0 Å². The van der Waals surface area contributed by atoms with Crippen molar-refractivity contribution in [2.45, 2.75) is 13.8 Å². The summed E-state index contributed by atoms with van der Waals surface area (Å²) in [7, 11) is -0.140. The van der Waals surface area contributed by atoms with Gasteiger partial charge < -0.3 is 0 Å². The molecule has 0 saturated heterocycles. The second-order valence-corrected chi connectivity index (χ2v) is 5.80. The summed E-state index contributed by atoms with van der Waals surface area (Å²) >= 11 is 0. The van der Waals surface area contributed by atoms with Crippen LogP contribution in [-0.2, 0) is 0 Å². The lowest BCUT2D eigenvalue weighted by atomic mass is 9.98. The summed E-state index contributed by atoms with van der Waals surface area (Å²) in [5, 5.41) is 3.20. The Morgan fingerprint density at radius 2 is 2.08 bits per heavy atom. The van der Waals surface area contributed by atoms with Gasteiger partial charge in [-0.15, -0.1) is 0 Å². The summed E-state index contributed by atoms with van der Waals surface area (Å²) in [5.74, 6) is 0. The molecule has 0 N–H and O–H groups in total. The lowest BCUT2D eigenvalue weighted by molar-refractivity contribution is 1.54. The number of benzene rings is 1. The monoisotopic (exact) mass is 186 g/mol. The standard InChI is InChI=1S/C12H14Si/c1-3-9(2)13-12-8-10-6-4-5-7-11(10)12/h3-8H,13H2,1-2H3. The first-order chi connectivity index (χ1) is 6.31. The van der Waals surface area contributed by atoms with E-state index in [0.717, 1.165) is 0 Å². The molecule has 1 aromatic rings. The highest BCUT2D eigenvalue weighted by molar-refractivity contribution is 6.70. The van der Waals surface area contributed by atoms with Crippen LogP contribution >= 0.6 is 0 Å². The smallest absolute Gasteiger partial charge is 0.0824 e. The molecule has 66 valence electrons. The van der Waals surface area contributed by atoms with Crippen molar-refractivity contribution in [1.82, 2.24) is 0 Å². The molecule has 0 bridgehead atoms. The average Bonchev–Trinajstić information content (AvgIpc) is 2.14. The summed E-state index contributed by atoms with van der Waals surface area (Å²) in [5.41, 5.74) is 2.92. The van der Waals surface area contributed by atoms with Crippen LogP contribution in [-0.4, -0.2) is 9.52 Å². The van der Waals surface area contributed by atoms with Crippen molar-refractivity contribution in [2.75, 3.05) is 0 Å². The van der Waals surface area contributed by atoms with E-state index in [-0.39, 0.29) is 9.52 Å². The quantitative estimate of drug-likeness (QED) is 0.623. The predicted molar refractivity (Wildman–Crippen MR) is 62.3 cm³/mol. The third-order valence-corrected chi connectivity index (χ3v) is 4.53. The topological polar surface area (TPSA) is 0 Å². The summed E-state index contributed by atoms with van der Waals surface area (Å²) in [6.07, 6.45) is 4.59. The second kappa shape index (κ2) is 3.34. The zero-order valence-corrected chi connectivity index (χ0v) is 9.59. The molecule has 0 atom stereocenters. The minimum Gasteiger partial charge on any atom is -0.0928 e. The molecule has 0 saturated carbocycles. The lowest BCUT2D eigenvalue weighted by Gasteiger charge is -2.19. The molecule has 0 nitrogen and oxygen atoms in total. The fraction of sp³-hybridized carbons (Fsp3) is 0.167. The van der Waals surface area contributed by atoms with Gasteiger partial charge in [0.25, 0.3) is 0 Å². The molecule has 1 heteroatoms. The van der Waals surface area contributed by atoms with Crippen molar-refractivity contribution in [3.8, 4) is 0 Å². The molecule has 0 aromatic heterocycles. The van der Waals surface area contributed by atoms with Crippen LogP contribution in [0.15, 0.2) is 35.5 Å². The molecule has 0 heterocycles. The Bertz CT molecular complexity index is 386. The molecule has 0 radical (unpaired) electrons. The highest BCUT2D eigenvalue weighted by Crippen LogP contribution is 2.31. The van der Waals surface area contributed by atoms with Gasteiger partial charge in [-0.3, -0.25) is 0 Å². The maximum atomic E-state index is 2.34. The summed E-state index contributed by atoms with van der Waals surface area (Å²) in [6.45, 7) is 4.38. The Labute approximate surface area is 81.8 Å². The Hall–Kier alpha value is -1.08. The number of allylic oxidation sites excluding steroid dienone is 2. The highest BCUT2D eigenvalue weighted by Gasteiger charge is 2.14. The molecule has 1 aliphatic rings. The van der Waals surface area contributed by atoms with Crippen molar-refractivity contribution in [1.29, 1.82) is 0 Å². The maximum absolute atomic E-state index is 2.34. The number of hydrogen-bond donors (Lipinski definition) is 0. The van der Waals surface area contributed by atoms with Gasteiger partial charge in [-0.25, -0.2) is 0 Å². The first-order valence-electron chi connectivity index (χ1n) is 4.73. The Kier molecular flexibility index (Phi) is 2.19. The van der Waals surface area contributed by atoms with Gasteiger partial charge in [-0.05, 0) is 25.0 Å². The molecule has 0 fully saturated rings. The van der Waals surface area contributed by atoms with Crippen LogP contribution < -0.4 is 0 Å². The number of hydrogen-bond acceptors (Lipinski definition) is 0. The molecule has 0 amide bonds. The van der Waals surface area contributed by atoms with Crippen LogP contribution in [0.3, 0.4) is 0 Å². The Morgan fingerprint density at radius 3 is 2.77 bits per heavy atom. The van der Waals surface area contributed by atoms with E-state index in [1.165, 1.54) is 11.1 Å². The van der Waals surface area contributed by atoms with E-state index in [4.69, 9.17) is 0 Å². The first kappa shape index (κ1) is 8.51. The Balaban J connectivity index is 2.17. The predicted octanol–water partition coefficient (Wildman–Crippen LogP) is 2.59. The zero-order chi connectivity index (χ0) is 9.26. The second-order valence-electron chi connectivity index (χ2n) is 3.57. The third-order valence-electron chi connectivity index (χ3n) is 2.60. The van der Waals surface area contributed by atoms with E-state index < -0.39 is 0 Å². The van der Waals surface area contributed by atoms with Gasteiger partial charge in [0.15, 0.2) is 0 Å². The summed E-state index contributed by atoms with van der Waals surface area (Å²) in [6, 6.07) is 8.67. The molecule has 2 rings (SSSR count). The molecular weight excluding hydrogens is 172 g/mol. The van der Waals surface area contributed by atoms with Crippen LogP contribution in [0.25, 0.3) is 11.3 Å². The van der Waals surface area contributed by atoms with Crippen molar-refractivity contribution < 1.29 is 0 Å².